The topological polar surface area (TPSA) is 0 Å². The zero-order valence-corrected chi connectivity index (χ0v) is 12.9. The van der Waals surface area contributed by atoms with Gasteiger partial charge in [-0.2, -0.15) is 0 Å². The van der Waals surface area contributed by atoms with Gasteiger partial charge in [0, 0.05) is 4.47 Å². The molecule has 0 aromatic heterocycles. The molecule has 98 valence electrons. The molecule has 0 unspecified atom stereocenters. The molecule has 0 saturated heterocycles. The van der Waals surface area contributed by atoms with Gasteiger partial charge in [-0.3, -0.25) is 0 Å². The van der Waals surface area contributed by atoms with Crippen LogP contribution in [-0.2, 0) is 6.42 Å². The second kappa shape index (κ2) is 6.72. The summed E-state index contributed by atoms with van der Waals surface area (Å²) < 4.78 is 1.10. The van der Waals surface area contributed by atoms with Crippen LogP contribution in [-0.4, -0.2) is 0 Å². The molecule has 0 saturated carbocycles. The summed E-state index contributed by atoms with van der Waals surface area (Å²) >= 11 is 3.45. The van der Waals surface area contributed by atoms with Gasteiger partial charge in [0.2, 0.25) is 0 Å². The first kappa shape index (κ1) is 14.1. The summed E-state index contributed by atoms with van der Waals surface area (Å²) in [6.07, 6.45) is 3.67. The normalized spacial score (nSPS) is 10.4. The fraction of sp³-hybridized carbons (Fsp3) is 0.222. The number of rotatable bonds is 5. The van der Waals surface area contributed by atoms with Crippen LogP contribution in [0, 0.1) is 0 Å². The Hall–Kier alpha value is -1.34. The zero-order chi connectivity index (χ0) is 13.7. The number of hydrogen-bond donors (Lipinski definition) is 0. The largest absolute Gasteiger partial charge is 0.0906 e. The van der Waals surface area contributed by atoms with E-state index in [0.29, 0.717) is 0 Å². The van der Waals surface area contributed by atoms with Crippen LogP contribution in [0.2, 0.25) is 0 Å². The summed E-state index contributed by atoms with van der Waals surface area (Å²) in [4.78, 5) is 0. The Morgan fingerprint density at radius 2 is 1.47 bits per heavy atom. The number of halogens is 1. The molecule has 0 nitrogen and oxygen atoms in total. The number of unbranched alkanes of at least 4 members (excludes halogenated alkanes) is 1. The zero-order valence-electron chi connectivity index (χ0n) is 11.3. The Kier molecular flexibility index (Phi) is 4.98. The third-order valence-corrected chi connectivity index (χ3v) is 3.84. The smallest absolute Gasteiger partial charge is 0.0175 e. The fourth-order valence-electron chi connectivity index (χ4n) is 2.07. The summed E-state index contributed by atoms with van der Waals surface area (Å²) in [7, 11) is 0. The average molecular weight is 315 g/mol. The third-order valence-electron chi connectivity index (χ3n) is 3.31. The second-order valence-corrected chi connectivity index (χ2v) is 5.70. The maximum Gasteiger partial charge on any atom is 0.0175 e. The predicted molar refractivity (Wildman–Crippen MR) is 87.3 cm³/mol. The standard InChI is InChI=1S/C18H19Br/c1-3-4-5-15-6-8-16(9-7-15)14(2)17-10-12-18(19)13-11-17/h6-13H,2-5H2,1H3. The van der Waals surface area contributed by atoms with Crippen LogP contribution in [0.1, 0.15) is 36.5 Å². The molecule has 0 amide bonds. The first-order valence-electron chi connectivity index (χ1n) is 6.75. The molecule has 0 radical (unpaired) electrons. The van der Waals surface area contributed by atoms with E-state index in [2.05, 4.69) is 78.0 Å². The van der Waals surface area contributed by atoms with Crippen molar-refractivity contribution >= 4 is 21.5 Å². The minimum atomic E-state index is 1.08. The molecule has 0 aliphatic heterocycles. The molecule has 19 heavy (non-hydrogen) atoms. The van der Waals surface area contributed by atoms with Crippen molar-refractivity contribution in [3.63, 3.8) is 0 Å². The fourth-order valence-corrected chi connectivity index (χ4v) is 2.34. The van der Waals surface area contributed by atoms with Gasteiger partial charge < -0.3 is 0 Å². The van der Waals surface area contributed by atoms with Gasteiger partial charge in [0.25, 0.3) is 0 Å². The first-order valence-corrected chi connectivity index (χ1v) is 7.54. The minimum Gasteiger partial charge on any atom is -0.0906 e. The molecule has 0 spiro atoms. The van der Waals surface area contributed by atoms with Crippen LogP contribution in [0.4, 0.5) is 0 Å². The maximum atomic E-state index is 4.20. The molecule has 0 N–H and O–H groups in total. The SMILES string of the molecule is C=C(c1ccc(Br)cc1)c1ccc(CCCC)cc1. The van der Waals surface area contributed by atoms with E-state index < -0.39 is 0 Å². The summed E-state index contributed by atoms with van der Waals surface area (Å²) in [5, 5.41) is 0. The molecule has 0 aliphatic carbocycles. The van der Waals surface area contributed by atoms with Crippen molar-refractivity contribution in [1.82, 2.24) is 0 Å². The molecule has 2 rings (SSSR count). The van der Waals surface area contributed by atoms with Crippen molar-refractivity contribution in [2.24, 2.45) is 0 Å². The number of aryl methyl sites for hydroxylation is 1. The van der Waals surface area contributed by atoms with E-state index in [9.17, 15) is 0 Å². The monoisotopic (exact) mass is 314 g/mol. The lowest BCUT2D eigenvalue weighted by atomic mass is 9.98. The molecule has 0 aliphatic rings. The highest BCUT2D eigenvalue weighted by molar-refractivity contribution is 9.10. The van der Waals surface area contributed by atoms with Gasteiger partial charge in [-0.1, -0.05) is 72.3 Å². The summed E-state index contributed by atoms with van der Waals surface area (Å²) in [5.41, 5.74) is 4.86. The Balaban J connectivity index is 2.13. The molecule has 2 aromatic rings. The van der Waals surface area contributed by atoms with Gasteiger partial charge >= 0.3 is 0 Å². The van der Waals surface area contributed by atoms with Gasteiger partial charge in [0.05, 0.1) is 0 Å². The minimum absolute atomic E-state index is 1.08. The maximum absolute atomic E-state index is 4.20. The molecular formula is C18H19Br. The van der Waals surface area contributed by atoms with Crippen molar-refractivity contribution in [2.45, 2.75) is 26.2 Å². The highest BCUT2D eigenvalue weighted by Gasteiger charge is 2.02. The molecule has 0 fully saturated rings. The Morgan fingerprint density at radius 3 is 2.00 bits per heavy atom. The Labute approximate surface area is 124 Å². The lowest BCUT2D eigenvalue weighted by molar-refractivity contribution is 0.795. The van der Waals surface area contributed by atoms with E-state index in [0.717, 1.165) is 10.0 Å². The molecule has 1 heteroatoms. The molecule has 0 atom stereocenters. The summed E-state index contributed by atoms with van der Waals surface area (Å²) in [6.45, 7) is 6.43. The molecule has 2 aromatic carbocycles. The Bertz CT molecular complexity index is 535. The van der Waals surface area contributed by atoms with Crippen LogP contribution in [0.3, 0.4) is 0 Å². The van der Waals surface area contributed by atoms with Gasteiger partial charge in [-0.15, -0.1) is 0 Å². The van der Waals surface area contributed by atoms with Crippen LogP contribution < -0.4 is 0 Å². The molecule has 0 heterocycles. The van der Waals surface area contributed by atoms with Crippen molar-refractivity contribution in [2.75, 3.05) is 0 Å². The van der Waals surface area contributed by atoms with Crippen LogP contribution in [0.25, 0.3) is 5.57 Å². The second-order valence-electron chi connectivity index (χ2n) is 4.79. The van der Waals surface area contributed by atoms with Crippen LogP contribution in [0.5, 0.6) is 0 Å². The van der Waals surface area contributed by atoms with E-state index in [1.54, 1.807) is 0 Å². The summed E-state index contributed by atoms with van der Waals surface area (Å²) in [5.74, 6) is 0. The van der Waals surface area contributed by atoms with Crippen LogP contribution in [0.15, 0.2) is 59.6 Å². The highest BCUT2D eigenvalue weighted by atomic mass is 79.9. The molecule has 0 bridgehead atoms. The molecular weight excluding hydrogens is 296 g/mol. The van der Waals surface area contributed by atoms with E-state index >= 15 is 0 Å². The lowest BCUT2D eigenvalue weighted by Crippen LogP contribution is -1.89. The van der Waals surface area contributed by atoms with E-state index in [-0.39, 0.29) is 0 Å². The van der Waals surface area contributed by atoms with Gasteiger partial charge in [-0.25, -0.2) is 0 Å². The summed E-state index contributed by atoms with van der Waals surface area (Å²) in [6, 6.07) is 17.1. The van der Waals surface area contributed by atoms with Gasteiger partial charge in [-0.05, 0) is 47.2 Å². The average Bonchev–Trinajstić information content (AvgIpc) is 2.46. The van der Waals surface area contributed by atoms with Crippen molar-refractivity contribution in [3.8, 4) is 0 Å². The van der Waals surface area contributed by atoms with Crippen LogP contribution >= 0.6 is 15.9 Å². The predicted octanol–water partition coefficient (Wildman–Crippen LogP) is 5.85. The van der Waals surface area contributed by atoms with E-state index in [1.807, 2.05) is 0 Å². The van der Waals surface area contributed by atoms with Crippen molar-refractivity contribution in [1.29, 1.82) is 0 Å². The van der Waals surface area contributed by atoms with Gasteiger partial charge in [0.15, 0.2) is 0 Å². The van der Waals surface area contributed by atoms with E-state index in [4.69, 9.17) is 0 Å². The van der Waals surface area contributed by atoms with Crippen molar-refractivity contribution < 1.29 is 0 Å². The quantitative estimate of drug-likeness (QED) is 0.649. The highest BCUT2D eigenvalue weighted by Crippen LogP contribution is 2.23. The Morgan fingerprint density at radius 1 is 0.947 bits per heavy atom. The first-order chi connectivity index (χ1) is 9.20. The third kappa shape index (κ3) is 3.81. The number of benzene rings is 2. The lowest BCUT2D eigenvalue weighted by Gasteiger charge is -2.08. The van der Waals surface area contributed by atoms with E-state index in [1.165, 1.54) is 36.0 Å². The number of hydrogen-bond acceptors (Lipinski definition) is 0. The van der Waals surface area contributed by atoms with Crippen molar-refractivity contribution in [3.05, 3.63) is 76.3 Å². The van der Waals surface area contributed by atoms with Gasteiger partial charge in [0.1, 0.15) is 0 Å².